The number of carbonyl (C=O) groups excluding carboxylic acids is 12. The highest BCUT2D eigenvalue weighted by Crippen LogP contribution is 2.24. The number of likely N-dealkylation sites (tertiary alicyclic amines) is 1. The Morgan fingerprint density at radius 1 is 0.643 bits per heavy atom. The van der Waals surface area contributed by atoms with Crippen molar-refractivity contribution < 1.29 is 67.4 Å². The maximum atomic E-state index is 15.5. The summed E-state index contributed by atoms with van der Waals surface area (Å²) < 4.78 is 6.21. The van der Waals surface area contributed by atoms with Gasteiger partial charge in [0.25, 0.3) is 0 Å². The first-order valence-corrected chi connectivity index (χ1v) is 34.5. The number of likely N-dealkylation sites (N-methyl/N-ethyl adjacent to an activating group) is 6. The summed E-state index contributed by atoms with van der Waals surface area (Å²) in [5.74, 6) is -9.30. The number of hydrogen-bond acceptors (Lipinski definition) is 15. The van der Waals surface area contributed by atoms with Crippen molar-refractivity contribution in [2.75, 3.05) is 75.1 Å². The van der Waals surface area contributed by atoms with Gasteiger partial charge in [0, 0.05) is 67.7 Å². The Balaban J connectivity index is 1.95. The van der Waals surface area contributed by atoms with Crippen LogP contribution < -0.4 is 26.6 Å². The zero-order valence-electron chi connectivity index (χ0n) is 61.6. The monoisotopic (exact) mass is 1370 g/mol. The predicted molar refractivity (Wildman–Crippen MR) is 372 cm³/mol. The minimum absolute atomic E-state index is 0.0579. The van der Waals surface area contributed by atoms with E-state index in [1.165, 1.54) is 85.7 Å². The fourth-order valence-electron chi connectivity index (χ4n) is 12.4. The number of nitrogens with zero attached hydrogens (tertiary/aromatic N) is 7. The molecule has 6 N–H and O–H groups in total. The number of ether oxygens (including phenoxy) is 1. The van der Waals surface area contributed by atoms with Gasteiger partial charge in [-0.2, -0.15) is 0 Å². The lowest BCUT2D eigenvalue weighted by Gasteiger charge is -2.38. The van der Waals surface area contributed by atoms with E-state index in [0.29, 0.717) is 49.8 Å². The number of aldehydes is 1. The molecule has 2 saturated heterocycles. The smallest absolute Gasteiger partial charge is 0.247 e. The average molecular weight is 1370 g/mol. The highest BCUT2D eigenvalue weighted by Gasteiger charge is 2.44. The van der Waals surface area contributed by atoms with E-state index < -0.39 is 155 Å². The molecular formula is C72H114N12O14. The Morgan fingerprint density at radius 2 is 1.20 bits per heavy atom. The largest absolute Gasteiger partial charge is 0.508 e. The molecule has 11 amide bonds. The van der Waals surface area contributed by atoms with E-state index in [-0.39, 0.29) is 56.4 Å². The van der Waals surface area contributed by atoms with Gasteiger partial charge in [0.05, 0.1) is 25.2 Å². The van der Waals surface area contributed by atoms with Gasteiger partial charge >= 0.3 is 0 Å². The minimum atomic E-state index is -1.80. The van der Waals surface area contributed by atoms with Gasteiger partial charge in [-0.1, -0.05) is 104 Å². The summed E-state index contributed by atoms with van der Waals surface area (Å²) in [5, 5.41) is 24.3. The maximum absolute atomic E-state index is 15.5. The molecule has 4 rings (SSSR count). The van der Waals surface area contributed by atoms with E-state index in [1.807, 2.05) is 34.6 Å². The van der Waals surface area contributed by atoms with Crippen molar-refractivity contribution in [1.82, 2.24) is 60.9 Å². The second-order valence-corrected chi connectivity index (χ2v) is 29.2. The van der Waals surface area contributed by atoms with Gasteiger partial charge in [0.15, 0.2) is 0 Å². The number of hydrogen-bond donors (Lipinski definition) is 6. The molecule has 2 aliphatic heterocycles. The van der Waals surface area contributed by atoms with Crippen LogP contribution in [0.1, 0.15) is 146 Å². The lowest BCUT2D eigenvalue weighted by molar-refractivity contribution is -0.152. The van der Waals surface area contributed by atoms with E-state index >= 15 is 19.2 Å². The fraction of sp³-hybridized carbons (Fsp3) is 0.667. The van der Waals surface area contributed by atoms with Crippen molar-refractivity contribution in [3.05, 3.63) is 65.7 Å². The topological polar surface area (TPSA) is 317 Å². The highest BCUT2D eigenvalue weighted by molar-refractivity contribution is 5.99. The number of aromatic hydroxyl groups is 1. The second kappa shape index (κ2) is 37.3. The molecule has 11 atom stereocenters. The van der Waals surface area contributed by atoms with Gasteiger partial charge in [0.1, 0.15) is 72.0 Å². The summed E-state index contributed by atoms with van der Waals surface area (Å²) in [5.41, 5.74) is -1.50. The summed E-state index contributed by atoms with van der Waals surface area (Å²) in [6.07, 6.45) is 2.51. The van der Waals surface area contributed by atoms with Crippen molar-refractivity contribution in [1.29, 1.82) is 0 Å². The van der Waals surface area contributed by atoms with Crippen LogP contribution in [0.3, 0.4) is 0 Å². The number of carbonyl (C=O) groups is 12. The van der Waals surface area contributed by atoms with Crippen molar-refractivity contribution in [3.8, 4) is 5.75 Å². The molecule has 0 bridgehead atoms. The third kappa shape index (κ3) is 23.6. The number of phenols is 1. The van der Waals surface area contributed by atoms with Gasteiger partial charge in [-0.15, -0.1) is 0 Å². The van der Waals surface area contributed by atoms with Gasteiger partial charge in [-0.3, -0.25) is 57.6 Å². The molecule has 0 aromatic heterocycles. The standard InChI is InChI=1S/C72H114N12O14/c1-20-47(8)60-70(97)79(15)49(10)62(89)77-72(43-85,39-51-29-31-52(86)32-30-51)42-78(14)40-59(88)80(16)55(35-44(2)3)63(90)75-54(41-98-71(11,12)13)67(94)82(18)57(37-50-27-23-21-24-28-50)69(96)83(19)61(46(6)7)65(92)74-53(68(95)84-33-25-22-26-34-84)38-58(87)73-48(9)66(93)81(17)56(36-45(4)5)64(91)76-60/h21,23-24,27-32,43-49,53-57,60-61,86H,20,22,25-26,33-42H2,1-19H3,(H,73,87)(H,74,92)(H,75,90)(H,76,91)(H,77,89)/t47-,48+,49-,53-,54-,55-,56-,57-,60-,61-,72-/m0/s1. The van der Waals surface area contributed by atoms with E-state index in [9.17, 15) is 43.5 Å². The number of benzene rings is 2. The molecular weight excluding hydrogens is 1260 g/mol. The van der Waals surface area contributed by atoms with Crippen LogP contribution in [0.2, 0.25) is 0 Å². The molecule has 0 saturated carbocycles. The number of piperidine rings is 1. The quantitative estimate of drug-likeness (QED) is 0.139. The van der Waals surface area contributed by atoms with Gasteiger partial charge in [0.2, 0.25) is 65.0 Å². The van der Waals surface area contributed by atoms with E-state index in [1.54, 1.807) is 96.0 Å². The molecule has 0 spiro atoms. The van der Waals surface area contributed by atoms with Crippen LogP contribution in [0.5, 0.6) is 5.75 Å². The van der Waals surface area contributed by atoms with E-state index in [4.69, 9.17) is 4.74 Å². The van der Waals surface area contributed by atoms with Crippen LogP contribution in [0, 0.1) is 23.7 Å². The predicted octanol–water partition coefficient (Wildman–Crippen LogP) is 3.30. The van der Waals surface area contributed by atoms with Crippen LogP contribution in [-0.2, 0) is 75.1 Å². The zero-order chi connectivity index (χ0) is 73.8. The summed E-state index contributed by atoms with van der Waals surface area (Å²) in [6.45, 7) is 22.2. The average Bonchev–Trinajstić information content (AvgIpc) is 0.819. The first kappa shape index (κ1) is 82.4. The molecule has 0 aliphatic carbocycles. The van der Waals surface area contributed by atoms with Crippen LogP contribution in [0.15, 0.2) is 54.6 Å². The Labute approximate surface area is 580 Å². The summed E-state index contributed by atoms with van der Waals surface area (Å²) in [6, 6.07) is 3.03. The number of amides is 11. The maximum Gasteiger partial charge on any atom is 0.247 e. The molecule has 2 aromatic carbocycles. The van der Waals surface area contributed by atoms with Gasteiger partial charge < -0.3 is 70.6 Å². The molecule has 2 aromatic rings. The van der Waals surface area contributed by atoms with Crippen molar-refractivity contribution in [3.63, 3.8) is 0 Å². The van der Waals surface area contributed by atoms with Crippen LogP contribution in [0.25, 0.3) is 0 Å². The third-order valence-corrected chi connectivity index (χ3v) is 18.5. The first-order valence-electron chi connectivity index (χ1n) is 34.5. The van der Waals surface area contributed by atoms with Crippen LogP contribution >= 0.6 is 0 Å². The van der Waals surface area contributed by atoms with Gasteiger partial charge in [-0.05, 0) is 121 Å². The Morgan fingerprint density at radius 3 is 1.74 bits per heavy atom. The van der Waals surface area contributed by atoms with Gasteiger partial charge in [-0.25, -0.2) is 0 Å². The van der Waals surface area contributed by atoms with Crippen molar-refractivity contribution >= 4 is 71.3 Å². The molecule has 0 radical (unpaired) electrons. The molecule has 0 unspecified atom stereocenters. The van der Waals surface area contributed by atoms with Crippen molar-refractivity contribution in [2.45, 2.75) is 213 Å². The molecule has 2 aliphatic rings. The summed E-state index contributed by atoms with van der Waals surface area (Å²) >= 11 is 0. The molecule has 2 heterocycles. The Hall–Kier alpha value is -8.00. The lowest BCUT2D eigenvalue weighted by atomic mass is 9.90. The normalized spacial score (nSPS) is 26.2. The molecule has 26 heteroatoms. The number of rotatable bonds is 15. The number of phenolic OH excluding ortho intramolecular Hbond substituents is 1. The molecule has 26 nitrogen and oxygen atoms in total. The second-order valence-electron chi connectivity index (χ2n) is 29.2. The number of nitrogens with one attached hydrogen (secondary N) is 5. The first-order chi connectivity index (χ1) is 45.8. The minimum Gasteiger partial charge on any atom is -0.508 e. The fourth-order valence-corrected chi connectivity index (χ4v) is 12.4. The third-order valence-electron chi connectivity index (χ3n) is 18.5. The zero-order valence-corrected chi connectivity index (χ0v) is 61.6. The van der Waals surface area contributed by atoms with E-state index in [0.717, 1.165) is 11.3 Å². The molecule has 98 heavy (non-hydrogen) atoms. The lowest BCUT2D eigenvalue weighted by Crippen LogP contribution is -2.63. The van der Waals surface area contributed by atoms with Crippen LogP contribution in [0.4, 0.5) is 0 Å². The molecule has 546 valence electrons. The SMILES string of the molecule is CC[C@H](C)[C@@H]1NC(=O)[C@H](CC(C)C)N(C)C(=O)[C@@H](C)NC(=O)C[C@@H](C(=O)N2CCCCC2)NC(=O)[C@H](C(C)C)N(C)C(=O)[C@H](Cc2ccccc2)N(C)C(=O)[C@H](COC(C)(C)C)NC(=O)[C@H](CC(C)C)N(C)C(=O)CN(C)C[C@](C=O)(Cc2ccc(O)cc2)NC(=O)[C@H](C)N(C)C1=O. The highest BCUT2D eigenvalue weighted by atomic mass is 16.5. The van der Waals surface area contributed by atoms with Crippen LogP contribution in [-0.4, -0.2) is 251 Å². The van der Waals surface area contributed by atoms with Crippen molar-refractivity contribution in [2.24, 2.45) is 23.7 Å². The summed E-state index contributed by atoms with van der Waals surface area (Å²) in [4.78, 5) is 186. The Bertz CT molecular complexity index is 3060. The Kier molecular flexibility index (Phi) is 31.3. The summed E-state index contributed by atoms with van der Waals surface area (Å²) in [7, 11) is 8.61. The molecule has 2 fully saturated rings. The van der Waals surface area contributed by atoms with E-state index in [2.05, 4.69) is 26.6 Å².